The lowest BCUT2D eigenvalue weighted by Gasteiger charge is -2.18. The highest BCUT2D eigenvalue weighted by atomic mass is 16.5. The molecule has 134 valence electrons. The first-order valence-corrected chi connectivity index (χ1v) is 8.70. The maximum atomic E-state index is 12.3. The van der Waals surface area contributed by atoms with Crippen molar-refractivity contribution in [3.05, 3.63) is 59.2 Å². The Hall–Kier alpha value is -2.49. The Morgan fingerprint density at radius 3 is 2.20 bits per heavy atom. The van der Waals surface area contributed by atoms with Crippen molar-refractivity contribution >= 4 is 5.91 Å². The summed E-state index contributed by atoms with van der Waals surface area (Å²) in [6.07, 6.45) is 0.109. The largest absolute Gasteiger partial charge is 0.492 e. The number of amides is 1. The van der Waals surface area contributed by atoms with E-state index < -0.39 is 6.10 Å². The molecule has 4 nitrogen and oxygen atoms in total. The Labute approximate surface area is 150 Å². The number of carbonyl (C=O) groups is 1. The fourth-order valence-electron chi connectivity index (χ4n) is 2.58. The van der Waals surface area contributed by atoms with Gasteiger partial charge in [0.05, 0.1) is 6.54 Å². The fourth-order valence-corrected chi connectivity index (χ4v) is 2.58. The number of hydrogen-bond acceptors (Lipinski definition) is 3. The minimum atomic E-state index is -0.499. The molecular weight excluding hydrogens is 314 g/mol. The summed E-state index contributed by atoms with van der Waals surface area (Å²) in [6.45, 7) is 8.88. The van der Waals surface area contributed by atoms with Crippen LogP contribution in [-0.4, -0.2) is 25.2 Å². The summed E-state index contributed by atoms with van der Waals surface area (Å²) in [5, 5.41) is 2.88. The normalized spacial score (nSPS) is 11.7. The lowest BCUT2D eigenvalue weighted by Crippen LogP contribution is -2.39. The van der Waals surface area contributed by atoms with Crippen LogP contribution in [0, 0.1) is 20.8 Å². The Bertz CT molecular complexity index is 675. The maximum absolute atomic E-state index is 12.3. The van der Waals surface area contributed by atoms with Gasteiger partial charge in [-0.3, -0.25) is 4.79 Å². The highest BCUT2D eigenvalue weighted by molar-refractivity contribution is 5.81. The van der Waals surface area contributed by atoms with Crippen molar-refractivity contribution in [2.24, 2.45) is 0 Å². The first-order valence-electron chi connectivity index (χ1n) is 8.70. The van der Waals surface area contributed by atoms with Gasteiger partial charge in [-0.15, -0.1) is 0 Å². The Kier molecular flexibility index (Phi) is 6.87. The second kappa shape index (κ2) is 9.11. The van der Waals surface area contributed by atoms with E-state index in [2.05, 4.69) is 11.4 Å². The van der Waals surface area contributed by atoms with Crippen molar-refractivity contribution in [2.75, 3.05) is 13.2 Å². The first kappa shape index (κ1) is 18.8. The van der Waals surface area contributed by atoms with Gasteiger partial charge < -0.3 is 14.8 Å². The van der Waals surface area contributed by atoms with Crippen molar-refractivity contribution in [1.29, 1.82) is 0 Å². The molecule has 0 heterocycles. The molecule has 2 aromatic rings. The highest BCUT2D eigenvalue weighted by Crippen LogP contribution is 2.18. The molecule has 0 saturated carbocycles. The predicted octanol–water partition coefficient (Wildman–Crippen LogP) is 3.96. The zero-order valence-electron chi connectivity index (χ0n) is 15.5. The van der Waals surface area contributed by atoms with Gasteiger partial charge >= 0.3 is 0 Å². The van der Waals surface area contributed by atoms with E-state index in [1.54, 1.807) is 0 Å². The molecule has 0 bridgehead atoms. The molecule has 0 aliphatic heterocycles. The SMILES string of the molecule is CCC(Oc1cc(C)cc(C)c1)C(=O)NCCOc1ccc(C)cc1. The van der Waals surface area contributed by atoms with Crippen LogP contribution < -0.4 is 14.8 Å². The maximum Gasteiger partial charge on any atom is 0.261 e. The molecule has 2 rings (SSSR count). The van der Waals surface area contributed by atoms with E-state index in [9.17, 15) is 4.79 Å². The molecule has 0 aromatic heterocycles. The van der Waals surface area contributed by atoms with E-state index in [-0.39, 0.29) is 5.91 Å². The summed E-state index contributed by atoms with van der Waals surface area (Å²) in [6, 6.07) is 13.8. The van der Waals surface area contributed by atoms with Crippen LogP contribution >= 0.6 is 0 Å². The van der Waals surface area contributed by atoms with Gasteiger partial charge in [0, 0.05) is 0 Å². The average molecular weight is 341 g/mol. The Morgan fingerprint density at radius 2 is 1.60 bits per heavy atom. The second-order valence-corrected chi connectivity index (χ2v) is 6.29. The van der Waals surface area contributed by atoms with Crippen LogP contribution in [0.5, 0.6) is 11.5 Å². The van der Waals surface area contributed by atoms with Gasteiger partial charge in [-0.05, 0) is 62.6 Å². The fraction of sp³-hybridized carbons (Fsp3) is 0.381. The molecule has 1 unspecified atom stereocenters. The van der Waals surface area contributed by atoms with E-state index in [1.807, 2.05) is 64.1 Å². The van der Waals surface area contributed by atoms with Gasteiger partial charge in [-0.1, -0.05) is 30.7 Å². The predicted molar refractivity (Wildman–Crippen MR) is 100 cm³/mol. The molecule has 1 amide bonds. The Morgan fingerprint density at radius 1 is 0.960 bits per heavy atom. The van der Waals surface area contributed by atoms with Gasteiger partial charge in [-0.25, -0.2) is 0 Å². The van der Waals surface area contributed by atoms with Gasteiger partial charge in [-0.2, -0.15) is 0 Å². The average Bonchev–Trinajstić information content (AvgIpc) is 2.57. The molecule has 0 spiro atoms. The summed E-state index contributed by atoms with van der Waals surface area (Å²) in [4.78, 5) is 12.3. The molecule has 0 fully saturated rings. The number of benzene rings is 2. The first-order chi connectivity index (χ1) is 12.0. The second-order valence-electron chi connectivity index (χ2n) is 6.29. The van der Waals surface area contributed by atoms with Crippen LogP contribution in [0.15, 0.2) is 42.5 Å². The molecular formula is C21H27NO3. The standard InChI is InChI=1S/C21H27NO3/c1-5-20(25-19-13-16(3)12-17(4)14-19)21(23)22-10-11-24-18-8-6-15(2)7-9-18/h6-9,12-14,20H,5,10-11H2,1-4H3,(H,22,23). The van der Waals surface area contributed by atoms with Gasteiger partial charge in [0.25, 0.3) is 5.91 Å². The molecule has 25 heavy (non-hydrogen) atoms. The monoisotopic (exact) mass is 341 g/mol. The Balaban J connectivity index is 1.80. The number of nitrogens with one attached hydrogen (secondary N) is 1. The van der Waals surface area contributed by atoms with Crippen molar-refractivity contribution < 1.29 is 14.3 Å². The number of ether oxygens (including phenoxy) is 2. The topological polar surface area (TPSA) is 47.6 Å². The summed E-state index contributed by atoms with van der Waals surface area (Å²) in [7, 11) is 0. The van der Waals surface area contributed by atoms with Crippen LogP contribution in [0.25, 0.3) is 0 Å². The molecule has 0 aliphatic carbocycles. The third-order valence-electron chi connectivity index (χ3n) is 3.83. The summed E-state index contributed by atoms with van der Waals surface area (Å²) < 4.78 is 11.5. The number of carbonyl (C=O) groups excluding carboxylic acids is 1. The third-order valence-corrected chi connectivity index (χ3v) is 3.83. The third kappa shape index (κ3) is 6.14. The van der Waals surface area contributed by atoms with E-state index >= 15 is 0 Å². The summed E-state index contributed by atoms with van der Waals surface area (Å²) >= 11 is 0. The number of rotatable bonds is 8. The zero-order chi connectivity index (χ0) is 18.2. The summed E-state index contributed by atoms with van der Waals surface area (Å²) in [5.41, 5.74) is 3.43. The lowest BCUT2D eigenvalue weighted by molar-refractivity contribution is -0.128. The van der Waals surface area contributed by atoms with E-state index in [4.69, 9.17) is 9.47 Å². The number of aryl methyl sites for hydroxylation is 3. The molecule has 0 aliphatic rings. The van der Waals surface area contributed by atoms with Gasteiger partial charge in [0.1, 0.15) is 18.1 Å². The molecule has 0 radical (unpaired) electrons. The molecule has 1 atom stereocenters. The van der Waals surface area contributed by atoms with Crippen molar-refractivity contribution in [1.82, 2.24) is 5.32 Å². The van der Waals surface area contributed by atoms with Crippen molar-refractivity contribution in [2.45, 2.75) is 40.2 Å². The van der Waals surface area contributed by atoms with Crippen LogP contribution in [0.1, 0.15) is 30.0 Å². The van der Waals surface area contributed by atoms with E-state index in [0.29, 0.717) is 19.6 Å². The van der Waals surface area contributed by atoms with Crippen LogP contribution in [0.3, 0.4) is 0 Å². The summed E-state index contributed by atoms with van der Waals surface area (Å²) in [5.74, 6) is 1.42. The van der Waals surface area contributed by atoms with Crippen LogP contribution in [0.2, 0.25) is 0 Å². The van der Waals surface area contributed by atoms with E-state index in [1.165, 1.54) is 5.56 Å². The molecule has 1 N–H and O–H groups in total. The smallest absolute Gasteiger partial charge is 0.261 e. The quantitative estimate of drug-likeness (QED) is 0.739. The minimum Gasteiger partial charge on any atom is -0.492 e. The van der Waals surface area contributed by atoms with E-state index in [0.717, 1.165) is 22.6 Å². The molecule has 4 heteroatoms. The van der Waals surface area contributed by atoms with Gasteiger partial charge in [0.2, 0.25) is 0 Å². The lowest BCUT2D eigenvalue weighted by atomic mass is 10.1. The molecule has 2 aromatic carbocycles. The van der Waals surface area contributed by atoms with Crippen LogP contribution in [0.4, 0.5) is 0 Å². The van der Waals surface area contributed by atoms with Crippen LogP contribution in [-0.2, 0) is 4.79 Å². The van der Waals surface area contributed by atoms with Crippen molar-refractivity contribution in [3.8, 4) is 11.5 Å². The highest BCUT2D eigenvalue weighted by Gasteiger charge is 2.18. The van der Waals surface area contributed by atoms with Gasteiger partial charge in [0.15, 0.2) is 6.10 Å². The van der Waals surface area contributed by atoms with Crippen molar-refractivity contribution in [3.63, 3.8) is 0 Å². The number of hydrogen-bond donors (Lipinski definition) is 1. The minimum absolute atomic E-state index is 0.117. The zero-order valence-corrected chi connectivity index (χ0v) is 15.5. The molecule has 0 saturated heterocycles.